The fourth-order valence-electron chi connectivity index (χ4n) is 6.77. The molecule has 0 bridgehead atoms. The van der Waals surface area contributed by atoms with Crippen LogP contribution in [0.3, 0.4) is 0 Å². The van der Waals surface area contributed by atoms with E-state index in [9.17, 15) is 0 Å². The molecule has 49 heavy (non-hydrogen) atoms. The molecule has 230 valence electrons. The van der Waals surface area contributed by atoms with E-state index in [-0.39, 0.29) is 0 Å². The first-order valence-corrected chi connectivity index (χ1v) is 16.5. The predicted molar refractivity (Wildman–Crippen MR) is 201 cm³/mol. The zero-order chi connectivity index (χ0) is 32.6. The summed E-state index contributed by atoms with van der Waals surface area (Å²) in [5.41, 5.74) is 13.4. The van der Waals surface area contributed by atoms with Gasteiger partial charge >= 0.3 is 0 Å². The normalized spacial score (nSPS) is 11.3. The summed E-state index contributed by atoms with van der Waals surface area (Å²) in [5, 5.41) is 11.9. The second-order valence-corrected chi connectivity index (χ2v) is 12.2. The first kappa shape index (κ1) is 28.6. The average Bonchev–Trinajstić information content (AvgIpc) is 3.58. The number of hydrogen-bond donors (Lipinski definition) is 0. The van der Waals surface area contributed by atoms with E-state index < -0.39 is 0 Å². The van der Waals surface area contributed by atoms with Crippen molar-refractivity contribution in [3.63, 3.8) is 0 Å². The van der Waals surface area contributed by atoms with Crippen LogP contribution in [0.1, 0.15) is 0 Å². The summed E-state index contributed by atoms with van der Waals surface area (Å²) >= 11 is 0. The third-order valence-corrected chi connectivity index (χ3v) is 9.09. The minimum atomic E-state index is 0.859. The van der Waals surface area contributed by atoms with Gasteiger partial charge in [0, 0.05) is 39.2 Å². The van der Waals surface area contributed by atoms with Gasteiger partial charge in [0.2, 0.25) is 0 Å². The summed E-state index contributed by atoms with van der Waals surface area (Å²) in [6.07, 6.45) is 2.09. The molecule has 3 aromatic heterocycles. The number of fused-ring (bicyclic) bond motifs is 2. The van der Waals surface area contributed by atoms with Crippen LogP contribution in [0.25, 0.3) is 83.7 Å². The van der Waals surface area contributed by atoms with E-state index in [0.29, 0.717) is 0 Å². The predicted octanol–water partition coefficient (Wildman–Crippen LogP) is 11.3. The van der Waals surface area contributed by atoms with Crippen molar-refractivity contribution >= 4 is 16.4 Å². The standard InChI is InChI=1S/C45H30N4/c1-4-15-31(16-5-1)36-28-37(30-38(29-36)43-40-24-11-10-23-39(40)42(47-48-43)32-17-6-2-7-18-32)34-21-14-22-35(27-34)44-45(33-19-8-3-9-20-33)49-26-13-12-25-41(49)46-44/h1-30H. The van der Waals surface area contributed by atoms with Gasteiger partial charge in [-0.3, -0.25) is 4.40 Å². The maximum atomic E-state index is 5.14. The van der Waals surface area contributed by atoms with Gasteiger partial charge in [-0.25, -0.2) is 4.98 Å². The van der Waals surface area contributed by atoms with E-state index in [1.807, 2.05) is 30.3 Å². The molecule has 9 aromatic rings. The van der Waals surface area contributed by atoms with E-state index >= 15 is 0 Å². The Morgan fingerprint density at radius 3 is 1.51 bits per heavy atom. The molecule has 0 radical (unpaired) electrons. The Morgan fingerprint density at radius 2 is 0.816 bits per heavy atom. The third-order valence-electron chi connectivity index (χ3n) is 9.09. The Labute approximate surface area is 284 Å². The van der Waals surface area contributed by atoms with Gasteiger partial charge in [-0.05, 0) is 58.7 Å². The zero-order valence-corrected chi connectivity index (χ0v) is 26.6. The van der Waals surface area contributed by atoms with Crippen molar-refractivity contribution in [2.45, 2.75) is 0 Å². The molecule has 0 atom stereocenters. The van der Waals surface area contributed by atoms with Gasteiger partial charge in [0.1, 0.15) is 17.0 Å². The van der Waals surface area contributed by atoms with E-state index in [4.69, 9.17) is 15.2 Å². The Balaban J connectivity index is 1.23. The Morgan fingerprint density at radius 1 is 0.327 bits per heavy atom. The topological polar surface area (TPSA) is 43.1 Å². The lowest BCUT2D eigenvalue weighted by Gasteiger charge is -2.14. The lowest BCUT2D eigenvalue weighted by Crippen LogP contribution is -1.96. The largest absolute Gasteiger partial charge is 0.299 e. The van der Waals surface area contributed by atoms with Gasteiger partial charge in [0.15, 0.2) is 0 Å². The van der Waals surface area contributed by atoms with Crippen molar-refractivity contribution in [2.24, 2.45) is 0 Å². The van der Waals surface area contributed by atoms with Crippen LogP contribution in [-0.4, -0.2) is 19.6 Å². The molecule has 0 saturated carbocycles. The second kappa shape index (κ2) is 12.2. The monoisotopic (exact) mass is 626 g/mol. The van der Waals surface area contributed by atoms with Crippen molar-refractivity contribution in [3.8, 4) is 67.3 Å². The molecule has 4 nitrogen and oxygen atoms in total. The lowest BCUT2D eigenvalue weighted by molar-refractivity contribution is 1.06. The number of rotatable bonds is 6. The second-order valence-electron chi connectivity index (χ2n) is 12.2. The lowest BCUT2D eigenvalue weighted by atomic mass is 9.92. The van der Waals surface area contributed by atoms with Gasteiger partial charge in [0.25, 0.3) is 0 Å². The van der Waals surface area contributed by atoms with Crippen LogP contribution in [0.15, 0.2) is 182 Å². The number of pyridine rings is 1. The van der Waals surface area contributed by atoms with E-state index in [1.54, 1.807) is 0 Å². The number of nitrogens with zero attached hydrogens (tertiary/aromatic N) is 4. The maximum Gasteiger partial charge on any atom is 0.137 e. The van der Waals surface area contributed by atoms with Crippen LogP contribution in [0.5, 0.6) is 0 Å². The molecule has 4 heteroatoms. The molecule has 9 rings (SSSR count). The molecule has 0 amide bonds. The summed E-state index contributed by atoms with van der Waals surface area (Å²) < 4.78 is 2.17. The number of imidazole rings is 1. The van der Waals surface area contributed by atoms with Crippen molar-refractivity contribution < 1.29 is 0 Å². The van der Waals surface area contributed by atoms with Gasteiger partial charge in [-0.15, -0.1) is 10.2 Å². The van der Waals surface area contributed by atoms with E-state index in [1.165, 1.54) is 0 Å². The SMILES string of the molecule is c1ccc(-c2cc(-c3cccc(-c4nc5ccccn5c4-c4ccccc4)c3)cc(-c3nnc(-c4ccccc4)c4ccccc34)c2)cc1. The number of benzene rings is 6. The highest BCUT2D eigenvalue weighted by atomic mass is 15.1. The van der Waals surface area contributed by atoms with Crippen LogP contribution in [0.4, 0.5) is 0 Å². The fraction of sp³-hybridized carbons (Fsp3) is 0. The molecule has 3 heterocycles. The van der Waals surface area contributed by atoms with Gasteiger partial charge < -0.3 is 0 Å². The highest BCUT2D eigenvalue weighted by Crippen LogP contribution is 2.39. The van der Waals surface area contributed by atoms with Crippen LogP contribution in [0, 0.1) is 0 Å². The first-order valence-electron chi connectivity index (χ1n) is 16.5. The summed E-state index contributed by atoms with van der Waals surface area (Å²) in [7, 11) is 0. The molecule has 0 fully saturated rings. The van der Waals surface area contributed by atoms with Gasteiger partial charge in [0.05, 0.1) is 11.4 Å². The maximum absolute atomic E-state index is 5.14. The average molecular weight is 627 g/mol. The molecule has 0 unspecified atom stereocenters. The van der Waals surface area contributed by atoms with Crippen LogP contribution >= 0.6 is 0 Å². The van der Waals surface area contributed by atoms with Crippen molar-refractivity contribution in [1.82, 2.24) is 19.6 Å². The third kappa shape index (κ3) is 5.26. The van der Waals surface area contributed by atoms with Crippen LogP contribution in [-0.2, 0) is 0 Å². The van der Waals surface area contributed by atoms with E-state index in [2.05, 4.69) is 156 Å². The highest BCUT2D eigenvalue weighted by molar-refractivity contribution is 6.02. The Bertz CT molecular complexity index is 2590. The summed E-state index contributed by atoms with van der Waals surface area (Å²) in [6.45, 7) is 0. The molecule has 6 aromatic carbocycles. The number of hydrogen-bond acceptors (Lipinski definition) is 3. The minimum absolute atomic E-state index is 0.859. The molecule has 0 N–H and O–H groups in total. The molecular weight excluding hydrogens is 597 g/mol. The van der Waals surface area contributed by atoms with Crippen molar-refractivity contribution in [2.75, 3.05) is 0 Å². The zero-order valence-electron chi connectivity index (χ0n) is 26.6. The van der Waals surface area contributed by atoms with Crippen LogP contribution in [0.2, 0.25) is 0 Å². The first-order chi connectivity index (χ1) is 24.3. The number of aromatic nitrogens is 4. The molecule has 0 saturated heterocycles. The van der Waals surface area contributed by atoms with Gasteiger partial charge in [-0.1, -0.05) is 140 Å². The molecule has 0 aliphatic heterocycles. The van der Waals surface area contributed by atoms with Crippen molar-refractivity contribution in [1.29, 1.82) is 0 Å². The quantitative estimate of drug-likeness (QED) is 0.184. The smallest absolute Gasteiger partial charge is 0.137 e. The Hall–Kier alpha value is -6.65. The summed E-state index contributed by atoms with van der Waals surface area (Å²) in [5.74, 6) is 0. The van der Waals surface area contributed by atoms with Crippen LogP contribution < -0.4 is 0 Å². The Kier molecular flexibility index (Phi) is 7.10. The van der Waals surface area contributed by atoms with E-state index in [0.717, 1.165) is 83.7 Å². The molecular formula is C45H30N4. The minimum Gasteiger partial charge on any atom is -0.299 e. The molecule has 0 spiro atoms. The highest BCUT2D eigenvalue weighted by Gasteiger charge is 2.18. The summed E-state index contributed by atoms with van der Waals surface area (Å²) in [4.78, 5) is 5.14. The summed E-state index contributed by atoms with van der Waals surface area (Å²) in [6, 6.07) is 61.4. The van der Waals surface area contributed by atoms with Crippen molar-refractivity contribution in [3.05, 3.63) is 182 Å². The molecule has 0 aliphatic carbocycles. The molecule has 0 aliphatic rings. The van der Waals surface area contributed by atoms with Gasteiger partial charge in [-0.2, -0.15) is 0 Å². The fourth-order valence-corrected chi connectivity index (χ4v) is 6.77.